The van der Waals surface area contributed by atoms with Gasteiger partial charge in [-0.05, 0) is 49.9 Å². The Morgan fingerprint density at radius 2 is 1.89 bits per heavy atom. The molecule has 0 heterocycles. The van der Waals surface area contributed by atoms with E-state index in [9.17, 15) is 0 Å². The summed E-state index contributed by atoms with van der Waals surface area (Å²) >= 11 is 6.02. The highest BCUT2D eigenvalue weighted by Crippen LogP contribution is 2.25. The summed E-state index contributed by atoms with van der Waals surface area (Å²) in [4.78, 5) is 0. The van der Waals surface area contributed by atoms with E-state index in [2.05, 4.69) is 17.4 Å². The summed E-state index contributed by atoms with van der Waals surface area (Å²) in [5.41, 5.74) is 2.75. The molecule has 0 fully saturated rings. The van der Waals surface area contributed by atoms with Crippen molar-refractivity contribution >= 4 is 11.6 Å². The second-order valence-corrected chi connectivity index (χ2v) is 5.20. The number of ether oxygens (including phenoxy) is 2. The number of nitrogens with one attached hydrogen (secondary N) is 1. The fourth-order valence-corrected chi connectivity index (χ4v) is 2.73. The molecule has 0 spiro atoms. The molecule has 1 N–H and O–H groups in total. The van der Waals surface area contributed by atoms with Gasteiger partial charge in [0.05, 0.1) is 0 Å². The highest BCUT2D eigenvalue weighted by Gasteiger charge is 2.22. The average Bonchev–Trinajstić information content (AvgIpc) is 2.78. The molecule has 0 saturated carbocycles. The molecule has 0 amide bonds. The maximum Gasteiger partial charge on any atom is 0.169 e. The van der Waals surface area contributed by atoms with E-state index in [4.69, 9.17) is 21.1 Å². The molecule has 0 bridgehead atoms. The molecule has 1 aromatic carbocycles. The zero-order chi connectivity index (χ0) is 13.7. The van der Waals surface area contributed by atoms with E-state index in [0.717, 1.165) is 24.4 Å². The quantitative estimate of drug-likeness (QED) is 0.781. The molecule has 1 unspecified atom stereocenters. The van der Waals surface area contributed by atoms with Gasteiger partial charge in [0.25, 0.3) is 0 Å². The van der Waals surface area contributed by atoms with Gasteiger partial charge in [0.1, 0.15) is 0 Å². The maximum absolute atomic E-state index is 6.02. The first-order valence-electron chi connectivity index (χ1n) is 6.96. The summed E-state index contributed by atoms with van der Waals surface area (Å²) in [5.74, 6) is 0. The van der Waals surface area contributed by atoms with Gasteiger partial charge in [-0.15, -0.1) is 0 Å². The standard InChI is InChI=1S/C15H22ClNO2/c1-3-18-15(19-4-2)10-17-14-8-11-5-6-13(16)7-12(11)9-14/h5-7,14-15,17H,3-4,8-10H2,1-2H3. The SMILES string of the molecule is CCOC(CNC1Cc2ccc(Cl)cc2C1)OCC. The number of hydrogen-bond donors (Lipinski definition) is 1. The van der Waals surface area contributed by atoms with Crippen molar-refractivity contribution in [3.8, 4) is 0 Å². The van der Waals surface area contributed by atoms with Gasteiger partial charge in [0, 0.05) is 30.8 Å². The first-order chi connectivity index (χ1) is 9.22. The molecule has 106 valence electrons. The highest BCUT2D eigenvalue weighted by molar-refractivity contribution is 6.30. The molecule has 1 aliphatic rings. The summed E-state index contributed by atoms with van der Waals surface area (Å²) < 4.78 is 11.1. The van der Waals surface area contributed by atoms with E-state index < -0.39 is 0 Å². The van der Waals surface area contributed by atoms with Crippen molar-refractivity contribution in [1.82, 2.24) is 5.32 Å². The van der Waals surface area contributed by atoms with Crippen molar-refractivity contribution in [2.45, 2.75) is 39.0 Å². The second kappa shape index (κ2) is 7.25. The van der Waals surface area contributed by atoms with Gasteiger partial charge in [0.2, 0.25) is 0 Å². The first kappa shape index (κ1) is 14.8. The van der Waals surface area contributed by atoms with Crippen molar-refractivity contribution in [1.29, 1.82) is 0 Å². The van der Waals surface area contributed by atoms with Gasteiger partial charge in [-0.25, -0.2) is 0 Å². The van der Waals surface area contributed by atoms with Gasteiger partial charge < -0.3 is 14.8 Å². The summed E-state index contributed by atoms with van der Waals surface area (Å²) in [6, 6.07) is 6.62. The molecule has 0 aromatic heterocycles. The lowest BCUT2D eigenvalue weighted by Gasteiger charge is -2.20. The molecule has 0 radical (unpaired) electrons. The van der Waals surface area contributed by atoms with Crippen molar-refractivity contribution in [3.63, 3.8) is 0 Å². The van der Waals surface area contributed by atoms with Crippen LogP contribution in [-0.4, -0.2) is 32.1 Å². The maximum atomic E-state index is 6.02. The molecule has 1 aliphatic carbocycles. The Bertz CT molecular complexity index is 405. The van der Waals surface area contributed by atoms with Crippen LogP contribution in [-0.2, 0) is 22.3 Å². The van der Waals surface area contributed by atoms with Gasteiger partial charge in [-0.1, -0.05) is 17.7 Å². The van der Waals surface area contributed by atoms with Crippen LogP contribution in [0.2, 0.25) is 5.02 Å². The van der Waals surface area contributed by atoms with Crippen LogP contribution in [0.15, 0.2) is 18.2 Å². The van der Waals surface area contributed by atoms with E-state index in [1.54, 1.807) is 0 Å². The Balaban J connectivity index is 1.82. The predicted octanol–water partition coefficient (Wildman–Crippen LogP) is 2.80. The van der Waals surface area contributed by atoms with Gasteiger partial charge in [-0.3, -0.25) is 0 Å². The molecule has 2 rings (SSSR count). The van der Waals surface area contributed by atoms with Gasteiger partial charge >= 0.3 is 0 Å². The van der Waals surface area contributed by atoms with E-state index in [1.807, 2.05) is 19.9 Å². The lowest BCUT2D eigenvalue weighted by Crippen LogP contribution is -2.38. The van der Waals surface area contributed by atoms with Crippen molar-refractivity contribution in [3.05, 3.63) is 34.3 Å². The molecular weight excluding hydrogens is 262 g/mol. The lowest BCUT2D eigenvalue weighted by molar-refractivity contribution is -0.133. The lowest BCUT2D eigenvalue weighted by atomic mass is 10.1. The normalized spacial score (nSPS) is 18.0. The van der Waals surface area contributed by atoms with Crippen molar-refractivity contribution < 1.29 is 9.47 Å². The van der Waals surface area contributed by atoms with E-state index in [0.29, 0.717) is 19.3 Å². The predicted molar refractivity (Wildman–Crippen MR) is 77.7 cm³/mol. The van der Waals surface area contributed by atoms with Gasteiger partial charge in [-0.2, -0.15) is 0 Å². The monoisotopic (exact) mass is 283 g/mol. The Labute approximate surface area is 120 Å². The largest absolute Gasteiger partial charge is 0.352 e. The third-order valence-corrected chi connectivity index (χ3v) is 3.61. The zero-order valence-electron chi connectivity index (χ0n) is 11.6. The molecule has 3 nitrogen and oxygen atoms in total. The average molecular weight is 284 g/mol. The molecule has 1 atom stereocenters. The molecule has 1 aromatic rings. The molecule has 0 saturated heterocycles. The van der Waals surface area contributed by atoms with Crippen LogP contribution in [0.1, 0.15) is 25.0 Å². The topological polar surface area (TPSA) is 30.5 Å². The minimum atomic E-state index is -0.151. The summed E-state index contributed by atoms with van der Waals surface area (Å²) in [7, 11) is 0. The molecule has 4 heteroatoms. The Morgan fingerprint density at radius 1 is 1.21 bits per heavy atom. The van der Waals surface area contributed by atoms with Crippen LogP contribution in [0.5, 0.6) is 0 Å². The van der Waals surface area contributed by atoms with Crippen LogP contribution < -0.4 is 5.32 Å². The number of fused-ring (bicyclic) bond motifs is 1. The summed E-state index contributed by atoms with van der Waals surface area (Å²) in [6.07, 6.45) is 1.93. The smallest absolute Gasteiger partial charge is 0.169 e. The minimum Gasteiger partial charge on any atom is -0.352 e. The van der Waals surface area contributed by atoms with E-state index in [-0.39, 0.29) is 6.29 Å². The van der Waals surface area contributed by atoms with Crippen LogP contribution in [0.3, 0.4) is 0 Å². The molecule has 19 heavy (non-hydrogen) atoms. The fraction of sp³-hybridized carbons (Fsp3) is 0.600. The highest BCUT2D eigenvalue weighted by atomic mass is 35.5. The Hall–Kier alpha value is -0.610. The summed E-state index contributed by atoms with van der Waals surface area (Å²) in [6.45, 7) is 6.05. The van der Waals surface area contributed by atoms with E-state index in [1.165, 1.54) is 11.1 Å². The van der Waals surface area contributed by atoms with Crippen molar-refractivity contribution in [2.75, 3.05) is 19.8 Å². The van der Waals surface area contributed by atoms with E-state index >= 15 is 0 Å². The molecular formula is C15H22ClNO2. The fourth-order valence-electron chi connectivity index (χ4n) is 2.53. The second-order valence-electron chi connectivity index (χ2n) is 4.77. The van der Waals surface area contributed by atoms with Crippen LogP contribution in [0.25, 0.3) is 0 Å². The van der Waals surface area contributed by atoms with Crippen LogP contribution in [0.4, 0.5) is 0 Å². The number of halogens is 1. The number of hydrogen-bond acceptors (Lipinski definition) is 3. The summed E-state index contributed by atoms with van der Waals surface area (Å²) in [5, 5.41) is 4.34. The Morgan fingerprint density at radius 3 is 2.58 bits per heavy atom. The van der Waals surface area contributed by atoms with Gasteiger partial charge in [0.15, 0.2) is 6.29 Å². The zero-order valence-corrected chi connectivity index (χ0v) is 12.4. The Kier molecular flexibility index (Phi) is 5.64. The third kappa shape index (κ3) is 4.18. The third-order valence-electron chi connectivity index (χ3n) is 3.38. The van der Waals surface area contributed by atoms with Crippen LogP contribution >= 0.6 is 11.6 Å². The van der Waals surface area contributed by atoms with Crippen molar-refractivity contribution in [2.24, 2.45) is 0 Å². The molecule has 0 aliphatic heterocycles. The number of rotatable bonds is 7. The number of benzene rings is 1. The first-order valence-corrected chi connectivity index (χ1v) is 7.34. The van der Waals surface area contributed by atoms with Crippen LogP contribution in [0, 0.1) is 0 Å². The minimum absolute atomic E-state index is 0.151.